The molecule has 0 aromatic heterocycles. The second-order valence-electron chi connectivity index (χ2n) is 5.66. The van der Waals surface area contributed by atoms with Crippen LogP contribution < -0.4 is 5.32 Å². The molecule has 3 rings (SSSR count). The van der Waals surface area contributed by atoms with Crippen LogP contribution >= 0.6 is 0 Å². The van der Waals surface area contributed by atoms with Gasteiger partial charge in [0.05, 0.1) is 12.3 Å². The number of benzene rings is 2. The van der Waals surface area contributed by atoms with Gasteiger partial charge in [-0.3, -0.25) is 9.59 Å². The molecule has 1 heterocycles. The van der Waals surface area contributed by atoms with Crippen LogP contribution in [0.2, 0.25) is 0 Å². The molecule has 128 valence electrons. The molecule has 2 aromatic rings. The lowest BCUT2D eigenvalue weighted by Crippen LogP contribution is -2.25. The van der Waals surface area contributed by atoms with E-state index in [-0.39, 0.29) is 17.7 Å². The minimum absolute atomic E-state index is 0.0603. The van der Waals surface area contributed by atoms with Gasteiger partial charge in [-0.15, -0.1) is 0 Å². The van der Waals surface area contributed by atoms with Gasteiger partial charge in [-0.2, -0.15) is 0 Å². The summed E-state index contributed by atoms with van der Waals surface area (Å²) in [6.07, 6.45) is -0.750. The number of amides is 1. The lowest BCUT2D eigenvalue weighted by Gasteiger charge is -2.17. The highest BCUT2D eigenvalue weighted by atomic mass is 16.6. The zero-order valence-electron chi connectivity index (χ0n) is 13.0. The lowest BCUT2D eigenvalue weighted by atomic mass is 9.94. The number of aromatic hydroxyl groups is 1. The van der Waals surface area contributed by atoms with Crippen molar-refractivity contribution in [2.24, 2.45) is 5.92 Å². The van der Waals surface area contributed by atoms with Gasteiger partial charge in [-0.25, -0.2) is 4.79 Å². The van der Waals surface area contributed by atoms with Crippen LogP contribution in [-0.2, 0) is 14.3 Å². The van der Waals surface area contributed by atoms with E-state index in [0.29, 0.717) is 5.56 Å². The maximum absolute atomic E-state index is 12.6. The third-order valence-electron chi connectivity index (χ3n) is 3.97. The van der Waals surface area contributed by atoms with E-state index in [2.05, 4.69) is 5.32 Å². The monoisotopic (exact) mass is 341 g/mol. The average molecular weight is 341 g/mol. The van der Waals surface area contributed by atoms with Crippen molar-refractivity contribution in [3.8, 4) is 5.75 Å². The maximum Gasteiger partial charge on any atom is 0.339 e. The van der Waals surface area contributed by atoms with Crippen molar-refractivity contribution in [3.63, 3.8) is 0 Å². The minimum Gasteiger partial charge on any atom is -0.507 e. The third kappa shape index (κ3) is 3.45. The van der Waals surface area contributed by atoms with Crippen LogP contribution in [0.4, 0.5) is 5.69 Å². The molecule has 1 amide bonds. The number of carboxylic acids is 1. The molecule has 2 atom stereocenters. The van der Waals surface area contributed by atoms with Crippen LogP contribution in [0.5, 0.6) is 5.75 Å². The molecule has 2 aromatic carbocycles. The SMILES string of the molecule is O=C1CC(C(=O)Nc2ccc(O)c(C(=O)O)c2)C(c2ccccc2)O1. The smallest absolute Gasteiger partial charge is 0.339 e. The summed E-state index contributed by atoms with van der Waals surface area (Å²) in [6, 6.07) is 12.7. The summed E-state index contributed by atoms with van der Waals surface area (Å²) >= 11 is 0. The predicted molar refractivity (Wildman–Crippen MR) is 87.1 cm³/mol. The molecule has 7 nitrogen and oxygen atoms in total. The lowest BCUT2D eigenvalue weighted by molar-refractivity contribution is -0.141. The first-order valence-electron chi connectivity index (χ1n) is 7.57. The van der Waals surface area contributed by atoms with Crippen molar-refractivity contribution in [1.29, 1.82) is 0 Å². The quantitative estimate of drug-likeness (QED) is 0.581. The minimum atomic E-state index is -1.31. The summed E-state index contributed by atoms with van der Waals surface area (Å²) in [5, 5.41) is 21.1. The number of ether oxygens (including phenoxy) is 1. The molecule has 1 aliphatic rings. The third-order valence-corrected chi connectivity index (χ3v) is 3.97. The molecule has 1 fully saturated rings. The van der Waals surface area contributed by atoms with Crippen molar-refractivity contribution in [2.45, 2.75) is 12.5 Å². The van der Waals surface area contributed by atoms with Crippen LogP contribution in [0.3, 0.4) is 0 Å². The van der Waals surface area contributed by atoms with Crippen LogP contribution in [0.15, 0.2) is 48.5 Å². The number of phenols is 1. The Kier molecular flexibility index (Phi) is 4.38. The number of cyclic esters (lactones) is 1. The van der Waals surface area contributed by atoms with Gasteiger partial charge in [0.15, 0.2) is 0 Å². The van der Waals surface area contributed by atoms with Crippen molar-refractivity contribution >= 4 is 23.5 Å². The Morgan fingerprint density at radius 1 is 1.12 bits per heavy atom. The highest BCUT2D eigenvalue weighted by Gasteiger charge is 2.40. The fourth-order valence-electron chi connectivity index (χ4n) is 2.75. The van der Waals surface area contributed by atoms with Gasteiger partial charge in [-0.1, -0.05) is 30.3 Å². The summed E-state index contributed by atoms with van der Waals surface area (Å²) in [6.45, 7) is 0. The number of aromatic carboxylic acids is 1. The Morgan fingerprint density at radius 2 is 1.84 bits per heavy atom. The molecule has 7 heteroatoms. The van der Waals surface area contributed by atoms with E-state index in [1.165, 1.54) is 12.1 Å². The topological polar surface area (TPSA) is 113 Å². The highest BCUT2D eigenvalue weighted by Crippen LogP contribution is 2.36. The van der Waals surface area contributed by atoms with E-state index in [4.69, 9.17) is 9.84 Å². The number of rotatable bonds is 4. The Bertz CT molecular complexity index is 833. The summed E-state index contributed by atoms with van der Waals surface area (Å²) in [7, 11) is 0. The van der Waals surface area contributed by atoms with Crippen molar-refractivity contribution < 1.29 is 29.3 Å². The summed E-state index contributed by atoms with van der Waals surface area (Å²) < 4.78 is 5.27. The Hall–Kier alpha value is -3.35. The van der Waals surface area contributed by atoms with Crippen molar-refractivity contribution in [3.05, 3.63) is 59.7 Å². The summed E-state index contributed by atoms with van der Waals surface area (Å²) in [5.74, 6) is -3.35. The normalized spacial score (nSPS) is 19.3. The molecular weight excluding hydrogens is 326 g/mol. The van der Waals surface area contributed by atoms with Gasteiger partial charge in [0.1, 0.15) is 17.4 Å². The largest absolute Gasteiger partial charge is 0.507 e. The average Bonchev–Trinajstić information content (AvgIpc) is 2.99. The molecule has 25 heavy (non-hydrogen) atoms. The number of hydrogen-bond acceptors (Lipinski definition) is 5. The van der Waals surface area contributed by atoms with Crippen molar-refractivity contribution in [2.75, 3.05) is 5.32 Å². The van der Waals surface area contributed by atoms with Crippen LogP contribution in [0.25, 0.3) is 0 Å². The molecule has 0 spiro atoms. The highest BCUT2D eigenvalue weighted by molar-refractivity contribution is 5.98. The Labute approximate surface area is 142 Å². The standard InChI is InChI=1S/C18H15NO6/c20-14-7-6-11(8-12(14)18(23)24)19-17(22)13-9-15(21)25-16(13)10-4-2-1-3-5-10/h1-8,13,16,20H,9H2,(H,19,22)(H,23,24). The number of carbonyl (C=O) groups is 3. The van der Waals surface area contributed by atoms with E-state index in [1.54, 1.807) is 24.3 Å². The number of hydrogen-bond donors (Lipinski definition) is 3. The van der Waals surface area contributed by atoms with Crippen LogP contribution in [0.1, 0.15) is 28.4 Å². The molecule has 0 aliphatic carbocycles. The number of carbonyl (C=O) groups excluding carboxylic acids is 2. The predicted octanol–water partition coefficient (Wildman–Crippen LogP) is 2.33. The molecular formula is C18H15NO6. The molecule has 1 aliphatic heterocycles. The molecule has 1 saturated heterocycles. The first-order valence-corrected chi connectivity index (χ1v) is 7.57. The van der Waals surface area contributed by atoms with Gasteiger partial charge in [-0.05, 0) is 23.8 Å². The van der Waals surface area contributed by atoms with Crippen LogP contribution in [-0.4, -0.2) is 28.1 Å². The Morgan fingerprint density at radius 3 is 2.52 bits per heavy atom. The number of carboxylic acid groups (broad SMARTS) is 1. The second kappa shape index (κ2) is 6.64. The zero-order valence-corrected chi connectivity index (χ0v) is 13.0. The van der Waals surface area contributed by atoms with E-state index in [0.717, 1.165) is 6.07 Å². The van der Waals surface area contributed by atoms with E-state index < -0.39 is 35.6 Å². The Balaban J connectivity index is 1.81. The van der Waals surface area contributed by atoms with Gasteiger partial charge >= 0.3 is 11.9 Å². The number of anilines is 1. The summed E-state index contributed by atoms with van der Waals surface area (Å²) in [5.41, 5.74) is 0.605. The van der Waals surface area contributed by atoms with E-state index in [1.807, 2.05) is 6.07 Å². The maximum atomic E-state index is 12.6. The molecule has 3 N–H and O–H groups in total. The molecule has 0 saturated carbocycles. The van der Waals surface area contributed by atoms with E-state index >= 15 is 0 Å². The number of esters is 1. The van der Waals surface area contributed by atoms with E-state index in [9.17, 15) is 19.5 Å². The van der Waals surface area contributed by atoms with Gasteiger partial charge in [0, 0.05) is 5.69 Å². The molecule has 2 unspecified atom stereocenters. The fraction of sp³-hybridized carbons (Fsp3) is 0.167. The second-order valence-corrected chi connectivity index (χ2v) is 5.66. The van der Waals surface area contributed by atoms with Crippen LogP contribution in [0, 0.1) is 5.92 Å². The zero-order chi connectivity index (χ0) is 18.0. The number of nitrogens with one attached hydrogen (secondary N) is 1. The van der Waals surface area contributed by atoms with Gasteiger partial charge < -0.3 is 20.3 Å². The summed E-state index contributed by atoms with van der Waals surface area (Å²) in [4.78, 5) is 35.3. The first kappa shape index (κ1) is 16.5. The fourth-order valence-corrected chi connectivity index (χ4v) is 2.75. The molecule has 0 bridgehead atoms. The molecule has 0 radical (unpaired) electrons. The van der Waals surface area contributed by atoms with Crippen molar-refractivity contribution in [1.82, 2.24) is 0 Å². The first-order chi connectivity index (χ1) is 12.0. The van der Waals surface area contributed by atoms with Gasteiger partial charge in [0.25, 0.3) is 0 Å². The van der Waals surface area contributed by atoms with Gasteiger partial charge in [0.2, 0.25) is 5.91 Å².